The molecule has 1 heterocycles. The van der Waals surface area contributed by atoms with E-state index in [9.17, 15) is 0 Å². The van der Waals surface area contributed by atoms with Crippen molar-refractivity contribution in [2.45, 2.75) is 37.9 Å². The third-order valence-corrected chi connectivity index (χ3v) is 4.15. The second-order valence-electron chi connectivity index (χ2n) is 4.49. The molecule has 5 nitrogen and oxygen atoms in total. The van der Waals surface area contributed by atoms with Gasteiger partial charge in [-0.15, -0.1) is 0 Å². The first-order valence-electron chi connectivity index (χ1n) is 6.58. The number of hydrogen-bond acceptors (Lipinski definition) is 6. The van der Waals surface area contributed by atoms with E-state index in [0.717, 1.165) is 17.9 Å². The summed E-state index contributed by atoms with van der Waals surface area (Å²) >= 11 is 1.82. The molecule has 0 amide bonds. The third kappa shape index (κ3) is 4.45. The van der Waals surface area contributed by atoms with Gasteiger partial charge < -0.3 is 15.0 Å². The molecule has 1 aromatic carbocycles. The van der Waals surface area contributed by atoms with Gasteiger partial charge in [-0.3, -0.25) is 0 Å². The standard InChI is InChI=1S/C14H19N3O2S/c1-3-10(2)20-9-13-16-14(19-17-13)8-18-12-6-4-11(15)5-7-12/h4-7,10H,3,8-9,15H2,1-2H3. The van der Waals surface area contributed by atoms with Gasteiger partial charge in [0.05, 0.1) is 5.75 Å². The van der Waals surface area contributed by atoms with Crippen LogP contribution in [-0.4, -0.2) is 15.4 Å². The third-order valence-electron chi connectivity index (χ3n) is 2.82. The van der Waals surface area contributed by atoms with E-state index in [1.54, 1.807) is 12.1 Å². The van der Waals surface area contributed by atoms with Crippen LogP contribution in [0.5, 0.6) is 5.75 Å². The van der Waals surface area contributed by atoms with E-state index in [1.165, 1.54) is 0 Å². The minimum atomic E-state index is 0.269. The number of nitrogens with two attached hydrogens (primary N) is 1. The molecule has 2 rings (SSSR count). The first-order chi connectivity index (χ1) is 9.67. The molecule has 0 spiro atoms. The van der Waals surface area contributed by atoms with Gasteiger partial charge in [0.15, 0.2) is 12.4 Å². The lowest BCUT2D eigenvalue weighted by atomic mass is 10.3. The highest BCUT2D eigenvalue weighted by Gasteiger charge is 2.09. The summed E-state index contributed by atoms with van der Waals surface area (Å²) in [5.74, 6) is 2.70. The van der Waals surface area contributed by atoms with Crippen molar-refractivity contribution < 1.29 is 9.26 Å². The van der Waals surface area contributed by atoms with Crippen molar-refractivity contribution in [3.05, 3.63) is 36.0 Å². The summed E-state index contributed by atoms with van der Waals surface area (Å²) in [6, 6.07) is 7.20. The Bertz CT molecular complexity index is 527. The first kappa shape index (κ1) is 14.7. The second kappa shape index (κ2) is 7.19. The lowest BCUT2D eigenvalue weighted by molar-refractivity contribution is 0.242. The van der Waals surface area contributed by atoms with Gasteiger partial charge in [0, 0.05) is 10.9 Å². The van der Waals surface area contributed by atoms with Crippen LogP contribution in [0.2, 0.25) is 0 Å². The van der Waals surface area contributed by atoms with Crippen LogP contribution >= 0.6 is 11.8 Å². The molecule has 0 aliphatic heterocycles. The molecular weight excluding hydrogens is 274 g/mol. The Balaban J connectivity index is 1.82. The molecule has 20 heavy (non-hydrogen) atoms. The first-order valence-corrected chi connectivity index (χ1v) is 7.63. The van der Waals surface area contributed by atoms with Crippen LogP contribution < -0.4 is 10.5 Å². The Morgan fingerprint density at radius 2 is 2.10 bits per heavy atom. The number of thioether (sulfide) groups is 1. The zero-order valence-electron chi connectivity index (χ0n) is 11.7. The molecule has 2 aromatic rings. The van der Waals surface area contributed by atoms with Crippen LogP contribution in [0.25, 0.3) is 0 Å². The molecule has 2 N–H and O–H groups in total. The van der Waals surface area contributed by atoms with E-state index >= 15 is 0 Å². The van der Waals surface area contributed by atoms with Crippen molar-refractivity contribution in [1.82, 2.24) is 10.1 Å². The average molecular weight is 293 g/mol. The lowest BCUT2D eigenvalue weighted by Gasteiger charge is -2.04. The molecule has 0 bridgehead atoms. The highest BCUT2D eigenvalue weighted by atomic mass is 32.2. The number of nitrogen functional groups attached to an aromatic ring is 1. The van der Waals surface area contributed by atoms with Crippen LogP contribution in [-0.2, 0) is 12.4 Å². The monoisotopic (exact) mass is 293 g/mol. The fraction of sp³-hybridized carbons (Fsp3) is 0.429. The molecule has 108 valence electrons. The normalized spacial score (nSPS) is 12.3. The molecule has 0 saturated carbocycles. The highest BCUT2D eigenvalue weighted by Crippen LogP contribution is 2.18. The smallest absolute Gasteiger partial charge is 0.264 e. The average Bonchev–Trinajstić information content (AvgIpc) is 2.92. The number of hydrogen-bond donors (Lipinski definition) is 1. The number of anilines is 1. The van der Waals surface area contributed by atoms with Gasteiger partial charge in [-0.25, -0.2) is 0 Å². The van der Waals surface area contributed by atoms with Gasteiger partial charge >= 0.3 is 0 Å². The van der Waals surface area contributed by atoms with E-state index in [0.29, 0.717) is 22.7 Å². The Hall–Kier alpha value is -1.69. The number of rotatable bonds is 7. The quantitative estimate of drug-likeness (QED) is 0.790. The maximum Gasteiger partial charge on any atom is 0.264 e. The Morgan fingerprint density at radius 1 is 1.35 bits per heavy atom. The van der Waals surface area contributed by atoms with E-state index in [4.69, 9.17) is 15.0 Å². The highest BCUT2D eigenvalue weighted by molar-refractivity contribution is 7.99. The van der Waals surface area contributed by atoms with Crippen LogP contribution in [0.4, 0.5) is 5.69 Å². The summed E-state index contributed by atoms with van der Waals surface area (Å²) < 4.78 is 10.7. The summed E-state index contributed by atoms with van der Waals surface area (Å²) in [6.07, 6.45) is 1.13. The van der Waals surface area contributed by atoms with Gasteiger partial charge in [-0.05, 0) is 30.7 Å². The topological polar surface area (TPSA) is 74.2 Å². The van der Waals surface area contributed by atoms with Crippen molar-refractivity contribution in [2.75, 3.05) is 5.73 Å². The SMILES string of the molecule is CCC(C)SCc1noc(COc2ccc(N)cc2)n1. The fourth-order valence-electron chi connectivity index (χ4n) is 1.45. The van der Waals surface area contributed by atoms with Crippen LogP contribution in [0, 0.1) is 0 Å². The van der Waals surface area contributed by atoms with Crippen molar-refractivity contribution >= 4 is 17.4 Å². The number of nitrogens with zero attached hydrogens (tertiary/aromatic N) is 2. The number of ether oxygens (including phenoxy) is 1. The molecule has 1 unspecified atom stereocenters. The maximum atomic E-state index is 5.61. The summed E-state index contributed by atoms with van der Waals surface area (Å²) in [6.45, 7) is 4.63. The van der Waals surface area contributed by atoms with Crippen molar-refractivity contribution in [1.29, 1.82) is 0 Å². The van der Waals surface area contributed by atoms with E-state index in [1.807, 2.05) is 23.9 Å². The zero-order valence-corrected chi connectivity index (χ0v) is 12.5. The summed E-state index contributed by atoms with van der Waals surface area (Å²) in [5, 5.41) is 4.54. The minimum Gasteiger partial charge on any atom is -0.484 e. The molecule has 1 aromatic heterocycles. The van der Waals surface area contributed by atoms with Crippen LogP contribution in [0.15, 0.2) is 28.8 Å². The molecule has 0 radical (unpaired) electrons. The van der Waals surface area contributed by atoms with Crippen molar-refractivity contribution in [3.8, 4) is 5.75 Å². The molecule has 6 heteroatoms. The lowest BCUT2D eigenvalue weighted by Crippen LogP contribution is -1.97. The maximum absolute atomic E-state index is 5.61. The Morgan fingerprint density at radius 3 is 2.80 bits per heavy atom. The summed E-state index contributed by atoms with van der Waals surface area (Å²) in [7, 11) is 0. The van der Waals surface area contributed by atoms with Gasteiger partial charge in [0.2, 0.25) is 0 Å². The molecule has 0 saturated heterocycles. The largest absolute Gasteiger partial charge is 0.484 e. The molecule has 0 aliphatic carbocycles. The Labute approximate surface area is 122 Å². The van der Waals surface area contributed by atoms with Gasteiger partial charge in [-0.1, -0.05) is 19.0 Å². The summed E-state index contributed by atoms with van der Waals surface area (Å²) in [5.41, 5.74) is 6.32. The van der Waals surface area contributed by atoms with Gasteiger partial charge in [-0.2, -0.15) is 16.7 Å². The zero-order chi connectivity index (χ0) is 14.4. The van der Waals surface area contributed by atoms with Crippen molar-refractivity contribution in [3.63, 3.8) is 0 Å². The minimum absolute atomic E-state index is 0.269. The number of benzene rings is 1. The molecule has 0 aliphatic rings. The molecule has 0 fully saturated rings. The Kier molecular flexibility index (Phi) is 5.29. The van der Waals surface area contributed by atoms with Crippen molar-refractivity contribution in [2.24, 2.45) is 0 Å². The number of aromatic nitrogens is 2. The van der Waals surface area contributed by atoms with E-state index < -0.39 is 0 Å². The predicted molar refractivity (Wildman–Crippen MR) is 80.5 cm³/mol. The predicted octanol–water partition coefficient (Wildman–Crippen LogP) is 3.26. The molecular formula is C14H19N3O2S. The molecule has 1 atom stereocenters. The van der Waals surface area contributed by atoms with Gasteiger partial charge in [0.1, 0.15) is 5.75 Å². The second-order valence-corrected chi connectivity index (χ2v) is 5.92. The van der Waals surface area contributed by atoms with Crippen LogP contribution in [0.3, 0.4) is 0 Å². The van der Waals surface area contributed by atoms with Gasteiger partial charge in [0.25, 0.3) is 5.89 Å². The van der Waals surface area contributed by atoms with E-state index in [-0.39, 0.29) is 6.61 Å². The summed E-state index contributed by atoms with van der Waals surface area (Å²) in [4.78, 5) is 4.30. The van der Waals surface area contributed by atoms with E-state index in [2.05, 4.69) is 24.0 Å². The fourth-order valence-corrected chi connectivity index (χ4v) is 2.24. The van der Waals surface area contributed by atoms with Crippen LogP contribution in [0.1, 0.15) is 32.0 Å².